The Balaban J connectivity index is 1.78. The molecule has 3 rings (SSSR count). The summed E-state index contributed by atoms with van der Waals surface area (Å²) in [5.41, 5.74) is 2.39. The first-order valence-electron chi connectivity index (χ1n) is 7.72. The number of nitrogens with zero attached hydrogens (tertiary/aromatic N) is 4. The Morgan fingerprint density at radius 1 is 1.32 bits per heavy atom. The third kappa shape index (κ3) is 4.54. The lowest BCUT2D eigenvalue weighted by Crippen LogP contribution is -2.24. The molecule has 0 aliphatic carbocycles. The van der Waals surface area contributed by atoms with Gasteiger partial charge in [0.2, 0.25) is 11.9 Å². The zero-order valence-corrected chi connectivity index (χ0v) is 14.4. The molecule has 0 aliphatic heterocycles. The number of imidazole rings is 1. The topological polar surface area (TPSA) is 84.7 Å². The van der Waals surface area contributed by atoms with Gasteiger partial charge in [0, 0.05) is 36.9 Å². The predicted octanol–water partition coefficient (Wildman–Crippen LogP) is 2.87. The van der Waals surface area contributed by atoms with Gasteiger partial charge in [0.05, 0.1) is 23.9 Å². The number of aromatic nitrogens is 4. The van der Waals surface area contributed by atoms with Crippen LogP contribution in [0.25, 0.3) is 11.4 Å². The first-order chi connectivity index (χ1) is 12.1. The first kappa shape index (κ1) is 16.9. The summed E-state index contributed by atoms with van der Waals surface area (Å²) in [5.74, 6) is 0.408. The smallest absolute Gasteiger partial charge is 0.227 e. The minimum atomic E-state index is -0.0586. The average molecular weight is 357 g/mol. The van der Waals surface area contributed by atoms with E-state index in [1.807, 2.05) is 22.8 Å². The van der Waals surface area contributed by atoms with Gasteiger partial charge in [-0.15, -0.1) is 0 Å². The lowest BCUT2D eigenvalue weighted by Gasteiger charge is -2.10. The molecule has 0 bridgehead atoms. The zero-order valence-electron chi connectivity index (χ0n) is 13.6. The van der Waals surface area contributed by atoms with E-state index in [1.54, 1.807) is 30.9 Å². The summed E-state index contributed by atoms with van der Waals surface area (Å²) < 4.78 is 1.93. The van der Waals surface area contributed by atoms with Gasteiger partial charge < -0.3 is 15.2 Å². The van der Waals surface area contributed by atoms with Gasteiger partial charge >= 0.3 is 0 Å². The van der Waals surface area contributed by atoms with E-state index in [0.717, 1.165) is 17.1 Å². The lowest BCUT2D eigenvalue weighted by atomic mass is 10.3. The van der Waals surface area contributed by atoms with Gasteiger partial charge in [0.15, 0.2) is 0 Å². The summed E-state index contributed by atoms with van der Waals surface area (Å²) >= 11 is 5.99. The lowest BCUT2D eigenvalue weighted by molar-refractivity contribution is -0.118. The van der Waals surface area contributed by atoms with Gasteiger partial charge in [-0.05, 0) is 24.3 Å². The van der Waals surface area contributed by atoms with Gasteiger partial charge in [0.25, 0.3) is 0 Å². The van der Waals surface area contributed by atoms with Crippen molar-refractivity contribution in [1.82, 2.24) is 24.8 Å². The highest BCUT2D eigenvalue weighted by molar-refractivity contribution is 6.30. The molecule has 2 N–H and O–H groups in total. The molecule has 1 amide bonds. The molecule has 0 saturated carbocycles. The Morgan fingerprint density at radius 2 is 2.20 bits per heavy atom. The molecule has 7 nitrogen and oxygen atoms in total. The molecule has 0 unspecified atom stereocenters. The maximum Gasteiger partial charge on any atom is 0.227 e. The van der Waals surface area contributed by atoms with Crippen LogP contribution >= 0.6 is 11.6 Å². The molecule has 8 heteroatoms. The molecule has 3 aromatic rings. The summed E-state index contributed by atoms with van der Waals surface area (Å²) in [5, 5.41) is 6.53. The molecular formula is C17H17ClN6O. The summed E-state index contributed by atoms with van der Waals surface area (Å²) in [6, 6.07) is 9.16. The van der Waals surface area contributed by atoms with Gasteiger partial charge in [-0.1, -0.05) is 17.7 Å². The van der Waals surface area contributed by atoms with Crippen molar-refractivity contribution < 1.29 is 4.79 Å². The Labute approximate surface area is 150 Å². The Kier molecular flexibility index (Phi) is 5.25. The van der Waals surface area contributed by atoms with E-state index in [1.165, 1.54) is 6.92 Å². The zero-order chi connectivity index (χ0) is 17.6. The van der Waals surface area contributed by atoms with E-state index >= 15 is 0 Å². The van der Waals surface area contributed by atoms with Crippen molar-refractivity contribution in [2.75, 3.05) is 11.9 Å². The molecule has 1 aromatic carbocycles. The van der Waals surface area contributed by atoms with E-state index in [-0.39, 0.29) is 5.91 Å². The number of benzene rings is 1. The van der Waals surface area contributed by atoms with E-state index < -0.39 is 0 Å². The predicted molar refractivity (Wildman–Crippen MR) is 96.7 cm³/mol. The minimum absolute atomic E-state index is 0.0586. The van der Waals surface area contributed by atoms with Crippen LogP contribution in [0.4, 0.5) is 11.6 Å². The fourth-order valence-corrected chi connectivity index (χ4v) is 2.51. The number of anilines is 2. The van der Waals surface area contributed by atoms with Crippen LogP contribution in [0.5, 0.6) is 0 Å². The van der Waals surface area contributed by atoms with Crippen LogP contribution in [0.1, 0.15) is 6.92 Å². The highest BCUT2D eigenvalue weighted by Crippen LogP contribution is 2.21. The fourth-order valence-electron chi connectivity index (χ4n) is 2.32. The summed E-state index contributed by atoms with van der Waals surface area (Å²) in [6.45, 7) is 2.63. The Morgan fingerprint density at radius 3 is 3.00 bits per heavy atom. The van der Waals surface area contributed by atoms with Crippen molar-refractivity contribution in [2.24, 2.45) is 0 Å². The second-order valence-corrected chi connectivity index (χ2v) is 5.79. The van der Waals surface area contributed by atoms with E-state index in [4.69, 9.17) is 11.6 Å². The van der Waals surface area contributed by atoms with Crippen LogP contribution in [-0.2, 0) is 11.3 Å². The molecule has 0 saturated heterocycles. The summed E-state index contributed by atoms with van der Waals surface area (Å²) in [6.07, 6.45) is 5.13. The Bertz CT molecular complexity index is 879. The number of rotatable bonds is 6. The largest absolute Gasteiger partial charge is 0.355 e. The molecule has 0 radical (unpaired) electrons. The Hall–Kier alpha value is -2.93. The van der Waals surface area contributed by atoms with E-state index in [2.05, 4.69) is 25.6 Å². The normalized spacial score (nSPS) is 10.5. The number of amides is 1. The number of hydrogen-bond acceptors (Lipinski definition) is 5. The SMILES string of the molecule is CC(=O)NCCn1cncc1-c1ccnc(Nc2cccc(Cl)c2)n1. The molecule has 0 atom stereocenters. The highest BCUT2D eigenvalue weighted by atomic mass is 35.5. The second-order valence-electron chi connectivity index (χ2n) is 5.36. The number of hydrogen-bond donors (Lipinski definition) is 2. The highest BCUT2D eigenvalue weighted by Gasteiger charge is 2.08. The third-order valence-corrected chi connectivity index (χ3v) is 3.67. The number of carbonyl (C=O) groups is 1. The van der Waals surface area contributed by atoms with Crippen molar-refractivity contribution in [1.29, 1.82) is 0 Å². The minimum Gasteiger partial charge on any atom is -0.355 e. The van der Waals surface area contributed by atoms with Crippen molar-refractivity contribution in [2.45, 2.75) is 13.5 Å². The maximum atomic E-state index is 11.0. The first-order valence-corrected chi connectivity index (χ1v) is 8.10. The van der Waals surface area contributed by atoms with Crippen LogP contribution in [0.15, 0.2) is 49.1 Å². The van der Waals surface area contributed by atoms with Crippen molar-refractivity contribution in [3.63, 3.8) is 0 Å². The quantitative estimate of drug-likeness (QED) is 0.709. The molecule has 2 heterocycles. The van der Waals surface area contributed by atoms with Crippen LogP contribution in [-0.4, -0.2) is 32.0 Å². The molecular weight excluding hydrogens is 340 g/mol. The number of carbonyl (C=O) groups excluding carboxylic acids is 1. The van der Waals surface area contributed by atoms with E-state index in [9.17, 15) is 4.79 Å². The van der Waals surface area contributed by atoms with Crippen LogP contribution in [0.2, 0.25) is 5.02 Å². The second kappa shape index (κ2) is 7.76. The molecule has 0 aliphatic rings. The van der Waals surface area contributed by atoms with E-state index in [0.29, 0.717) is 24.1 Å². The van der Waals surface area contributed by atoms with Crippen molar-refractivity contribution in [3.05, 3.63) is 54.1 Å². The van der Waals surface area contributed by atoms with Gasteiger partial charge in [-0.3, -0.25) is 4.79 Å². The van der Waals surface area contributed by atoms with Gasteiger partial charge in [-0.25, -0.2) is 15.0 Å². The molecule has 2 aromatic heterocycles. The van der Waals surface area contributed by atoms with Gasteiger partial charge in [0.1, 0.15) is 0 Å². The summed E-state index contributed by atoms with van der Waals surface area (Å²) in [4.78, 5) is 23.9. The van der Waals surface area contributed by atoms with Crippen LogP contribution in [0, 0.1) is 0 Å². The third-order valence-electron chi connectivity index (χ3n) is 3.44. The molecule has 0 spiro atoms. The standard InChI is InChI=1S/C17H17ClN6O/c1-12(25)20-7-8-24-11-19-10-16(24)15-5-6-21-17(23-15)22-14-4-2-3-13(18)9-14/h2-6,9-11H,7-8H2,1H3,(H,20,25)(H,21,22,23). The molecule has 0 fully saturated rings. The maximum absolute atomic E-state index is 11.0. The van der Waals surface area contributed by atoms with Crippen LogP contribution < -0.4 is 10.6 Å². The molecule has 25 heavy (non-hydrogen) atoms. The van der Waals surface area contributed by atoms with Gasteiger partial charge in [-0.2, -0.15) is 0 Å². The van der Waals surface area contributed by atoms with Crippen LogP contribution in [0.3, 0.4) is 0 Å². The van der Waals surface area contributed by atoms with Crippen molar-refractivity contribution in [3.8, 4) is 11.4 Å². The fraction of sp³-hybridized carbons (Fsp3) is 0.176. The monoisotopic (exact) mass is 356 g/mol. The van der Waals surface area contributed by atoms with Crippen molar-refractivity contribution >= 4 is 29.1 Å². The number of halogens is 1. The number of nitrogens with one attached hydrogen (secondary N) is 2. The molecule has 128 valence electrons. The average Bonchev–Trinajstić information content (AvgIpc) is 3.03. The summed E-state index contributed by atoms with van der Waals surface area (Å²) in [7, 11) is 0.